The number of hydrogen-bond donors (Lipinski definition) is 2. The Morgan fingerprint density at radius 1 is 1.16 bits per heavy atom. The van der Waals surface area contributed by atoms with Crippen LogP contribution in [-0.2, 0) is 6.54 Å². The number of hydrogen-bond acceptors (Lipinski definition) is 3. The average Bonchev–Trinajstić information content (AvgIpc) is 2.45. The smallest absolute Gasteiger partial charge is 0.119 e. The van der Waals surface area contributed by atoms with Gasteiger partial charge in [-0.3, -0.25) is 0 Å². The van der Waals surface area contributed by atoms with Crippen LogP contribution in [0.3, 0.4) is 0 Å². The zero-order valence-corrected chi connectivity index (χ0v) is 11.3. The fourth-order valence-corrected chi connectivity index (χ4v) is 1.97. The highest BCUT2D eigenvalue weighted by Crippen LogP contribution is 2.19. The average molecular weight is 257 g/mol. The molecule has 2 aromatic rings. The maximum absolute atomic E-state index is 9.47. The molecule has 0 heterocycles. The third-order valence-corrected chi connectivity index (χ3v) is 3.12. The summed E-state index contributed by atoms with van der Waals surface area (Å²) in [6, 6.07) is 15.5. The van der Waals surface area contributed by atoms with E-state index in [1.54, 1.807) is 19.2 Å². The van der Waals surface area contributed by atoms with Crippen LogP contribution in [0, 0.1) is 0 Å². The first-order valence-electron chi connectivity index (χ1n) is 6.34. The van der Waals surface area contributed by atoms with E-state index in [4.69, 9.17) is 4.74 Å². The highest BCUT2D eigenvalue weighted by atomic mass is 16.5. The van der Waals surface area contributed by atoms with E-state index in [9.17, 15) is 5.11 Å². The van der Waals surface area contributed by atoms with Crippen LogP contribution in [0.15, 0.2) is 48.5 Å². The van der Waals surface area contributed by atoms with E-state index in [1.807, 2.05) is 30.3 Å². The minimum Gasteiger partial charge on any atom is -0.508 e. The van der Waals surface area contributed by atoms with Gasteiger partial charge in [-0.15, -0.1) is 0 Å². The molecule has 1 atom stereocenters. The summed E-state index contributed by atoms with van der Waals surface area (Å²) in [7, 11) is 1.67. The Hall–Kier alpha value is -2.00. The molecule has 100 valence electrons. The van der Waals surface area contributed by atoms with Crippen LogP contribution in [0.2, 0.25) is 0 Å². The predicted molar refractivity (Wildman–Crippen MR) is 76.4 cm³/mol. The number of benzene rings is 2. The second-order valence-electron chi connectivity index (χ2n) is 4.55. The fourth-order valence-electron chi connectivity index (χ4n) is 1.97. The van der Waals surface area contributed by atoms with Crippen molar-refractivity contribution in [2.24, 2.45) is 0 Å². The van der Waals surface area contributed by atoms with Crippen molar-refractivity contribution in [3.05, 3.63) is 59.7 Å². The molecular formula is C16H19NO2. The summed E-state index contributed by atoms with van der Waals surface area (Å²) in [5.74, 6) is 1.16. The summed E-state index contributed by atoms with van der Waals surface area (Å²) in [5, 5.41) is 12.9. The highest BCUT2D eigenvalue weighted by molar-refractivity contribution is 5.30. The van der Waals surface area contributed by atoms with Gasteiger partial charge in [0.05, 0.1) is 7.11 Å². The van der Waals surface area contributed by atoms with Crippen molar-refractivity contribution in [1.82, 2.24) is 5.32 Å². The molecule has 0 aromatic heterocycles. The number of phenolic OH excluding ortho intramolecular Hbond substituents is 1. The van der Waals surface area contributed by atoms with Gasteiger partial charge in [-0.05, 0) is 42.3 Å². The Kier molecular flexibility index (Phi) is 4.42. The molecule has 0 aliphatic rings. The van der Waals surface area contributed by atoms with E-state index in [0.29, 0.717) is 5.75 Å². The molecule has 1 unspecified atom stereocenters. The molecule has 0 saturated carbocycles. The predicted octanol–water partition coefficient (Wildman–Crippen LogP) is 3.25. The molecule has 0 aliphatic heterocycles. The third kappa shape index (κ3) is 3.73. The topological polar surface area (TPSA) is 41.5 Å². The van der Waals surface area contributed by atoms with Crippen molar-refractivity contribution >= 4 is 0 Å². The monoisotopic (exact) mass is 257 g/mol. The van der Waals surface area contributed by atoms with E-state index in [2.05, 4.69) is 18.3 Å². The van der Waals surface area contributed by atoms with E-state index in [0.717, 1.165) is 17.9 Å². The summed E-state index contributed by atoms with van der Waals surface area (Å²) in [6.07, 6.45) is 0. The summed E-state index contributed by atoms with van der Waals surface area (Å²) in [4.78, 5) is 0. The van der Waals surface area contributed by atoms with Crippen molar-refractivity contribution in [2.45, 2.75) is 19.5 Å². The van der Waals surface area contributed by atoms with Gasteiger partial charge in [-0.2, -0.15) is 0 Å². The molecule has 0 bridgehead atoms. The molecule has 0 spiro atoms. The van der Waals surface area contributed by atoms with Gasteiger partial charge in [0.25, 0.3) is 0 Å². The number of methoxy groups -OCH3 is 1. The maximum atomic E-state index is 9.47. The van der Waals surface area contributed by atoms with Gasteiger partial charge in [0, 0.05) is 12.6 Å². The zero-order chi connectivity index (χ0) is 13.7. The SMILES string of the molecule is COc1cccc(CNC(C)c2cccc(O)c2)c1. The number of rotatable bonds is 5. The normalized spacial score (nSPS) is 12.1. The molecular weight excluding hydrogens is 238 g/mol. The zero-order valence-electron chi connectivity index (χ0n) is 11.3. The van der Waals surface area contributed by atoms with Crippen LogP contribution in [0.4, 0.5) is 0 Å². The Labute approximate surface area is 113 Å². The van der Waals surface area contributed by atoms with Crippen molar-refractivity contribution in [2.75, 3.05) is 7.11 Å². The van der Waals surface area contributed by atoms with Gasteiger partial charge in [-0.25, -0.2) is 0 Å². The van der Waals surface area contributed by atoms with E-state index in [1.165, 1.54) is 5.56 Å². The molecule has 19 heavy (non-hydrogen) atoms. The Bertz CT molecular complexity index is 540. The first-order chi connectivity index (χ1) is 9.19. The van der Waals surface area contributed by atoms with Crippen molar-refractivity contribution in [3.8, 4) is 11.5 Å². The van der Waals surface area contributed by atoms with Crippen molar-refractivity contribution in [1.29, 1.82) is 0 Å². The van der Waals surface area contributed by atoms with E-state index in [-0.39, 0.29) is 6.04 Å². The summed E-state index contributed by atoms with van der Waals surface area (Å²) >= 11 is 0. The second-order valence-corrected chi connectivity index (χ2v) is 4.55. The number of nitrogens with one attached hydrogen (secondary N) is 1. The molecule has 2 aromatic carbocycles. The molecule has 2 rings (SSSR count). The summed E-state index contributed by atoms with van der Waals surface area (Å²) in [5.41, 5.74) is 2.24. The fraction of sp³-hybridized carbons (Fsp3) is 0.250. The lowest BCUT2D eigenvalue weighted by molar-refractivity contribution is 0.414. The number of aromatic hydroxyl groups is 1. The van der Waals surface area contributed by atoms with Gasteiger partial charge in [0.2, 0.25) is 0 Å². The third-order valence-electron chi connectivity index (χ3n) is 3.12. The molecule has 0 amide bonds. The Morgan fingerprint density at radius 3 is 2.68 bits per heavy atom. The van der Waals surface area contributed by atoms with Gasteiger partial charge < -0.3 is 15.2 Å². The van der Waals surface area contributed by atoms with Gasteiger partial charge in [0.15, 0.2) is 0 Å². The lowest BCUT2D eigenvalue weighted by Crippen LogP contribution is -2.17. The van der Waals surface area contributed by atoms with E-state index < -0.39 is 0 Å². The van der Waals surface area contributed by atoms with Gasteiger partial charge in [-0.1, -0.05) is 24.3 Å². The molecule has 3 nitrogen and oxygen atoms in total. The number of phenols is 1. The lowest BCUT2D eigenvalue weighted by atomic mass is 10.1. The van der Waals surface area contributed by atoms with Crippen LogP contribution in [-0.4, -0.2) is 12.2 Å². The molecule has 2 N–H and O–H groups in total. The molecule has 0 radical (unpaired) electrons. The Balaban J connectivity index is 1.98. The number of ether oxygens (including phenoxy) is 1. The standard InChI is InChI=1S/C16H19NO2/c1-12(14-6-4-7-15(18)10-14)17-11-13-5-3-8-16(9-13)19-2/h3-10,12,17-18H,11H2,1-2H3. The van der Waals surface area contributed by atoms with Crippen LogP contribution in [0.5, 0.6) is 11.5 Å². The molecule has 0 saturated heterocycles. The molecule has 3 heteroatoms. The van der Waals surface area contributed by atoms with Crippen molar-refractivity contribution in [3.63, 3.8) is 0 Å². The quantitative estimate of drug-likeness (QED) is 0.864. The summed E-state index contributed by atoms with van der Waals surface area (Å²) < 4.78 is 5.20. The van der Waals surface area contributed by atoms with Gasteiger partial charge in [0.1, 0.15) is 11.5 Å². The van der Waals surface area contributed by atoms with Crippen molar-refractivity contribution < 1.29 is 9.84 Å². The van der Waals surface area contributed by atoms with Crippen LogP contribution < -0.4 is 10.1 Å². The summed E-state index contributed by atoms with van der Waals surface area (Å²) in [6.45, 7) is 2.84. The largest absolute Gasteiger partial charge is 0.508 e. The minimum absolute atomic E-state index is 0.179. The lowest BCUT2D eigenvalue weighted by Gasteiger charge is -2.15. The second kappa shape index (κ2) is 6.25. The van der Waals surface area contributed by atoms with Gasteiger partial charge >= 0.3 is 0 Å². The van der Waals surface area contributed by atoms with Crippen LogP contribution in [0.1, 0.15) is 24.1 Å². The van der Waals surface area contributed by atoms with Crippen LogP contribution >= 0.6 is 0 Å². The maximum Gasteiger partial charge on any atom is 0.119 e. The first kappa shape index (κ1) is 13.4. The minimum atomic E-state index is 0.179. The molecule has 0 fully saturated rings. The highest BCUT2D eigenvalue weighted by Gasteiger charge is 2.05. The van der Waals surface area contributed by atoms with Crippen LogP contribution in [0.25, 0.3) is 0 Å². The molecule has 0 aliphatic carbocycles. The van der Waals surface area contributed by atoms with E-state index >= 15 is 0 Å². The first-order valence-corrected chi connectivity index (χ1v) is 6.34. The Morgan fingerprint density at radius 2 is 1.95 bits per heavy atom.